The first kappa shape index (κ1) is 19.9. The maximum atomic E-state index is 13.7. The van der Waals surface area contributed by atoms with Gasteiger partial charge in [0.2, 0.25) is 5.91 Å². The van der Waals surface area contributed by atoms with E-state index in [1.807, 2.05) is 0 Å². The second-order valence-corrected chi connectivity index (χ2v) is 10.2. The molecule has 1 unspecified atom stereocenters. The van der Waals surface area contributed by atoms with Gasteiger partial charge in [-0.25, -0.2) is 0 Å². The minimum absolute atomic E-state index is 0.184. The number of carbonyl (C=O) groups excluding carboxylic acids is 3. The third-order valence-electron chi connectivity index (χ3n) is 7.71. The lowest BCUT2D eigenvalue weighted by atomic mass is 9.49. The molecule has 1 aliphatic heterocycles. The predicted octanol–water partition coefficient (Wildman–Crippen LogP) is 3.31. The summed E-state index contributed by atoms with van der Waals surface area (Å²) in [4.78, 5) is 40.6. The Bertz CT molecular complexity index is 834. The van der Waals surface area contributed by atoms with Gasteiger partial charge in [0.25, 0.3) is 11.8 Å². The molecule has 6 nitrogen and oxygen atoms in total. The van der Waals surface area contributed by atoms with E-state index in [4.69, 9.17) is 11.6 Å². The van der Waals surface area contributed by atoms with Crippen molar-refractivity contribution in [3.63, 3.8) is 0 Å². The first-order valence-corrected chi connectivity index (χ1v) is 11.5. The molecule has 1 heterocycles. The fourth-order valence-corrected chi connectivity index (χ4v) is 6.96. The molecule has 4 aliphatic carbocycles. The van der Waals surface area contributed by atoms with Gasteiger partial charge >= 0.3 is 0 Å². The molecule has 0 spiro atoms. The largest absolute Gasteiger partial charge is 0.330 e. The van der Waals surface area contributed by atoms with Crippen LogP contribution in [-0.2, 0) is 9.59 Å². The molecule has 1 atom stereocenters. The summed E-state index contributed by atoms with van der Waals surface area (Å²) in [5, 5.41) is 0.542. The average molecular weight is 430 g/mol. The van der Waals surface area contributed by atoms with Crippen LogP contribution in [0.1, 0.15) is 61.7 Å². The molecule has 3 amide bonds. The zero-order valence-electron chi connectivity index (χ0n) is 17.0. The fourth-order valence-electron chi connectivity index (χ4n) is 6.83. The Labute approximate surface area is 181 Å². The Kier molecular flexibility index (Phi) is 5.00. The minimum atomic E-state index is -0.504. The van der Waals surface area contributed by atoms with E-state index in [1.165, 1.54) is 19.3 Å². The second-order valence-electron chi connectivity index (χ2n) is 9.80. The van der Waals surface area contributed by atoms with Gasteiger partial charge in [0.1, 0.15) is 6.04 Å². The first-order chi connectivity index (χ1) is 14.4. The summed E-state index contributed by atoms with van der Waals surface area (Å²) in [5.41, 5.74) is 5.17. The van der Waals surface area contributed by atoms with Gasteiger partial charge in [-0.3, -0.25) is 25.2 Å². The fraction of sp³-hybridized carbons (Fsp3) is 0.609. The lowest BCUT2D eigenvalue weighted by Gasteiger charge is -2.56. The zero-order valence-corrected chi connectivity index (χ0v) is 17.8. The van der Waals surface area contributed by atoms with E-state index in [2.05, 4.69) is 10.9 Å². The van der Waals surface area contributed by atoms with Crippen molar-refractivity contribution in [2.45, 2.75) is 57.4 Å². The molecule has 1 aromatic carbocycles. The number of rotatable bonds is 3. The highest BCUT2D eigenvalue weighted by Gasteiger charge is 2.56. The van der Waals surface area contributed by atoms with Crippen molar-refractivity contribution in [1.29, 1.82) is 0 Å². The maximum absolute atomic E-state index is 13.7. The summed E-state index contributed by atoms with van der Waals surface area (Å²) in [5.74, 6) is 1.53. The van der Waals surface area contributed by atoms with Gasteiger partial charge in [-0.05, 0) is 93.4 Å². The van der Waals surface area contributed by atoms with Crippen LogP contribution in [-0.4, -0.2) is 35.2 Å². The standard InChI is InChI=1S/C23H28ClN3O3/c24-18-5-3-17(4-6-18)20(28)25-26-21(29)19-2-1-7-27(19)22(30)23-11-14-8-15(12-23)10-16(9-14)13-23/h3-6,14-16,19H,1-2,7-13H2,(H,25,28)(H,26,29). The van der Waals surface area contributed by atoms with Crippen molar-refractivity contribution in [2.24, 2.45) is 23.2 Å². The molecule has 2 N–H and O–H groups in total. The number of amides is 3. The normalized spacial score (nSPS) is 34.1. The van der Waals surface area contributed by atoms with Crippen LogP contribution in [0.5, 0.6) is 0 Å². The zero-order chi connectivity index (χ0) is 20.9. The quantitative estimate of drug-likeness (QED) is 0.723. The molecular formula is C23H28ClN3O3. The number of halogens is 1. The van der Waals surface area contributed by atoms with Crippen LogP contribution in [0, 0.1) is 23.2 Å². The summed E-state index contributed by atoms with van der Waals surface area (Å²) >= 11 is 5.85. The number of carbonyl (C=O) groups is 3. The molecule has 6 rings (SSSR count). The van der Waals surface area contributed by atoms with Crippen LogP contribution in [0.15, 0.2) is 24.3 Å². The van der Waals surface area contributed by atoms with Crippen LogP contribution >= 0.6 is 11.6 Å². The summed E-state index contributed by atoms with van der Waals surface area (Å²) in [7, 11) is 0. The van der Waals surface area contributed by atoms with E-state index in [0.717, 1.165) is 25.7 Å². The van der Waals surface area contributed by atoms with Gasteiger partial charge in [0.05, 0.1) is 5.41 Å². The van der Waals surface area contributed by atoms with Gasteiger partial charge < -0.3 is 4.90 Å². The highest BCUT2D eigenvalue weighted by atomic mass is 35.5. The third kappa shape index (κ3) is 3.49. The van der Waals surface area contributed by atoms with Crippen molar-refractivity contribution in [3.8, 4) is 0 Å². The smallest absolute Gasteiger partial charge is 0.269 e. The van der Waals surface area contributed by atoms with Gasteiger partial charge in [-0.2, -0.15) is 0 Å². The van der Waals surface area contributed by atoms with Crippen LogP contribution in [0.25, 0.3) is 0 Å². The molecule has 1 saturated heterocycles. The highest BCUT2D eigenvalue weighted by Crippen LogP contribution is 2.60. The Balaban J connectivity index is 1.24. The van der Waals surface area contributed by atoms with E-state index in [-0.39, 0.29) is 17.2 Å². The van der Waals surface area contributed by atoms with E-state index in [9.17, 15) is 14.4 Å². The lowest BCUT2D eigenvalue weighted by Crippen LogP contribution is -2.58. The molecule has 0 aromatic heterocycles. The first-order valence-electron chi connectivity index (χ1n) is 11.1. The monoisotopic (exact) mass is 429 g/mol. The molecule has 160 valence electrons. The van der Waals surface area contributed by atoms with E-state index < -0.39 is 11.9 Å². The van der Waals surface area contributed by atoms with Crippen molar-refractivity contribution >= 4 is 29.3 Å². The van der Waals surface area contributed by atoms with Crippen LogP contribution < -0.4 is 10.9 Å². The molecule has 4 saturated carbocycles. The van der Waals surface area contributed by atoms with E-state index >= 15 is 0 Å². The van der Waals surface area contributed by atoms with Crippen LogP contribution in [0.3, 0.4) is 0 Å². The number of likely N-dealkylation sites (tertiary alicyclic amines) is 1. The summed E-state index contributed by atoms with van der Waals surface area (Å²) in [6.45, 7) is 0.629. The highest BCUT2D eigenvalue weighted by molar-refractivity contribution is 6.30. The number of hydrogen-bond donors (Lipinski definition) is 2. The van der Waals surface area contributed by atoms with Crippen molar-refractivity contribution in [3.05, 3.63) is 34.9 Å². The molecule has 30 heavy (non-hydrogen) atoms. The number of nitrogens with one attached hydrogen (secondary N) is 2. The number of hydrazine groups is 1. The van der Waals surface area contributed by atoms with Crippen molar-refractivity contribution < 1.29 is 14.4 Å². The number of nitrogens with zero attached hydrogens (tertiary/aromatic N) is 1. The van der Waals surface area contributed by atoms with E-state index in [0.29, 0.717) is 41.3 Å². The maximum Gasteiger partial charge on any atom is 0.269 e. The molecule has 5 fully saturated rings. The predicted molar refractivity (Wildman–Crippen MR) is 112 cm³/mol. The van der Waals surface area contributed by atoms with E-state index in [1.54, 1.807) is 29.2 Å². The Morgan fingerprint density at radius 3 is 2.13 bits per heavy atom. The molecule has 0 radical (unpaired) electrons. The second kappa shape index (κ2) is 7.56. The SMILES string of the molecule is O=C(NNC(=O)C1CCCN1C(=O)C12CC3CC(CC(C3)C1)C2)c1ccc(Cl)cc1. The summed E-state index contributed by atoms with van der Waals surface area (Å²) in [6, 6.07) is 5.95. The van der Waals surface area contributed by atoms with Crippen LogP contribution in [0.2, 0.25) is 5.02 Å². The lowest BCUT2D eigenvalue weighted by molar-refractivity contribution is -0.160. The molecular weight excluding hydrogens is 402 g/mol. The minimum Gasteiger partial charge on any atom is -0.330 e. The molecule has 5 aliphatic rings. The molecule has 7 heteroatoms. The third-order valence-corrected chi connectivity index (χ3v) is 7.97. The Hall–Kier alpha value is -2.08. The molecule has 4 bridgehead atoms. The average Bonchev–Trinajstić information content (AvgIpc) is 3.20. The van der Waals surface area contributed by atoms with Gasteiger partial charge in [-0.1, -0.05) is 11.6 Å². The van der Waals surface area contributed by atoms with Gasteiger partial charge in [-0.15, -0.1) is 0 Å². The summed E-state index contributed by atoms with van der Waals surface area (Å²) in [6.07, 6.45) is 8.30. The topological polar surface area (TPSA) is 78.5 Å². The van der Waals surface area contributed by atoms with Gasteiger partial charge in [0.15, 0.2) is 0 Å². The van der Waals surface area contributed by atoms with Crippen LogP contribution in [0.4, 0.5) is 0 Å². The Morgan fingerprint density at radius 2 is 1.53 bits per heavy atom. The number of hydrogen-bond acceptors (Lipinski definition) is 3. The number of benzene rings is 1. The van der Waals surface area contributed by atoms with Crippen molar-refractivity contribution in [1.82, 2.24) is 15.8 Å². The van der Waals surface area contributed by atoms with Crippen molar-refractivity contribution in [2.75, 3.05) is 6.54 Å². The molecule has 1 aromatic rings. The van der Waals surface area contributed by atoms with Gasteiger partial charge in [0, 0.05) is 17.1 Å². The summed E-state index contributed by atoms with van der Waals surface area (Å²) < 4.78 is 0. The Morgan fingerprint density at radius 1 is 0.933 bits per heavy atom.